The average molecular weight is 362 g/mol. The van der Waals surface area contributed by atoms with E-state index in [-0.39, 0.29) is 5.92 Å². The number of nitrogens with one attached hydrogen (secondary N) is 2. The maximum absolute atomic E-state index is 4.65. The van der Waals surface area contributed by atoms with E-state index < -0.39 is 0 Å². The molecule has 3 rings (SSSR count). The summed E-state index contributed by atoms with van der Waals surface area (Å²) < 4.78 is 1.88. The second-order valence-electron chi connectivity index (χ2n) is 6.31. The standard InChI is InChI=1S/C21H26N6/c1-3-22-21(24-15-20-26-25-16-27(20)2)23-14-19(17-10-6-4-7-11-17)18-12-8-5-9-13-18/h4-13,16,19H,3,14-15H2,1-2H3,(H2,22,23,24). The van der Waals surface area contributed by atoms with E-state index >= 15 is 0 Å². The third-order valence-electron chi connectivity index (χ3n) is 4.41. The van der Waals surface area contributed by atoms with Crippen LogP contribution in [0.3, 0.4) is 0 Å². The molecule has 2 N–H and O–H groups in total. The summed E-state index contributed by atoms with van der Waals surface area (Å²) in [5.74, 6) is 1.85. The molecule has 6 nitrogen and oxygen atoms in total. The molecule has 0 saturated carbocycles. The zero-order valence-electron chi connectivity index (χ0n) is 15.8. The van der Waals surface area contributed by atoms with Gasteiger partial charge in [-0.3, -0.25) is 0 Å². The number of hydrogen-bond acceptors (Lipinski definition) is 3. The molecule has 0 aliphatic carbocycles. The van der Waals surface area contributed by atoms with Crippen LogP contribution >= 0.6 is 0 Å². The number of hydrogen-bond donors (Lipinski definition) is 2. The number of aryl methyl sites for hydroxylation is 1. The minimum Gasteiger partial charge on any atom is -0.357 e. The van der Waals surface area contributed by atoms with Gasteiger partial charge >= 0.3 is 0 Å². The van der Waals surface area contributed by atoms with Crippen molar-refractivity contribution in [2.75, 3.05) is 13.1 Å². The Hall–Kier alpha value is -3.15. The van der Waals surface area contributed by atoms with E-state index in [2.05, 4.69) is 81.3 Å². The maximum atomic E-state index is 4.65. The Balaban J connectivity index is 1.75. The van der Waals surface area contributed by atoms with Gasteiger partial charge in [-0.25, -0.2) is 4.99 Å². The van der Waals surface area contributed by atoms with Gasteiger partial charge in [0.2, 0.25) is 0 Å². The van der Waals surface area contributed by atoms with Crippen LogP contribution in [-0.2, 0) is 13.6 Å². The van der Waals surface area contributed by atoms with E-state index in [1.165, 1.54) is 11.1 Å². The molecular formula is C21H26N6. The quantitative estimate of drug-likeness (QED) is 0.501. The minimum absolute atomic E-state index is 0.242. The predicted octanol–water partition coefficient (Wildman–Crippen LogP) is 2.70. The molecule has 0 saturated heterocycles. The van der Waals surface area contributed by atoms with Crippen LogP contribution in [0.4, 0.5) is 0 Å². The Kier molecular flexibility index (Phi) is 6.57. The van der Waals surface area contributed by atoms with Gasteiger partial charge in [0, 0.05) is 26.1 Å². The van der Waals surface area contributed by atoms with Crippen molar-refractivity contribution in [2.24, 2.45) is 12.0 Å². The summed E-state index contributed by atoms with van der Waals surface area (Å²) in [6.07, 6.45) is 1.69. The van der Waals surface area contributed by atoms with Crippen molar-refractivity contribution < 1.29 is 0 Å². The number of nitrogens with zero attached hydrogens (tertiary/aromatic N) is 4. The fraction of sp³-hybridized carbons (Fsp3) is 0.286. The van der Waals surface area contributed by atoms with Crippen LogP contribution in [0.1, 0.15) is 29.8 Å². The van der Waals surface area contributed by atoms with E-state index in [9.17, 15) is 0 Å². The van der Waals surface area contributed by atoms with Gasteiger partial charge < -0.3 is 15.2 Å². The van der Waals surface area contributed by atoms with Crippen LogP contribution in [0.25, 0.3) is 0 Å². The molecule has 0 aliphatic rings. The molecule has 1 heterocycles. The first kappa shape index (κ1) is 18.6. The van der Waals surface area contributed by atoms with E-state index in [1.54, 1.807) is 6.33 Å². The monoisotopic (exact) mass is 362 g/mol. The number of aliphatic imine (C=N–C) groups is 1. The van der Waals surface area contributed by atoms with Gasteiger partial charge in [-0.1, -0.05) is 60.7 Å². The Morgan fingerprint density at radius 2 is 1.63 bits per heavy atom. The lowest BCUT2D eigenvalue weighted by Crippen LogP contribution is -2.39. The van der Waals surface area contributed by atoms with Gasteiger partial charge in [-0.2, -0.15) is 0 Å². The molecular weight excluding hydrogens is 336 g/mol. The topological polar surface area (TPSA) is 67.1 Å². The number of aromatic nitrogens is 3. The van der Waals surface area contributed by atoms with Gasteiger partial charge in [0.15, 0.2) is 11.8 Å². The molecule has 0 unspecified atom stereocenters. The largest absolute Gasteiger partial charge is 0.357 e. The van der Waals surface area contributed by atoms with Crippen molar-refractivity contribution in [2.45, 2.75) is 19.4 Å². The van der Waals surface area contributed by atoms with E-state index in [4.69, 9.17) is 0 Å². The number of rotatable bonds is 7. The van der Waals surface area contributed by atoms with Crippen molar-refractivity contribution >= 4 is 5.96 Å². The average Bonchev–Trinajstić information content (AvgIpc) is 3.12. The van der Waals surface area contributed by atoms with Crippen molar-refractivity contribution in [1.29, 1.82) is 0 Å². The fourth-order valence-corrected chi connectivity index (χ4v) is 2.94. The summed E-state index contributed by atoms with van der Waals surface area (Å²) in [5.41, 5.74) is 2.56. The molecule has 0 radical (unpaired) electrons. The predicted molar refractivity (Wildman–Crippen MR) is 109 cm³/mol. The van der Waals surface area contributed by atoms with Crippen molar-refractivity contribution in [1.82, 2.24) is 25.4 Å². The zero-order valence-corrected chi connectivity index (χ0v) is 15.8. The lowest BCUT2D eigenvalue weighted by atomic mass is 9.91. The van der Waals surface area contributed by atoms with E-state index in [1.807, 2.05) is 23.7 Å². The summed E-state index contributed by atoms with van der Waals surface area (Å²) in [4.78, 5) is 4.65. The highest BCUT2D eigenvalue weighted by Crippen LogP contribution is 2.23. The van der Waals surface area contributed by atoms with Gasteiger partial charge in [-0.15, -0.1) is 10.2 Å². The second kappa shape index (κ2) is 9.52. The van der Waals surface area contributed by atoms with Gasteiger partial charge in [0.05, 0.1) is 0 Å². The molecule has 0 atom stereocenters. The first-order valence-corrected chi connectivity index (χ1v) is 9.23. The molecule has 140 valence electrons. The fourth-order valence-electron chi connectivity index (χ4n) is 2.94. The van der Waals surface area contributed by atoms with E-state index in [0.717, 1.165) is 24.9 Å². The van der Waals surface area contributed by atoms with Crippen LogP contribution in [0.5, 0.6) is 0 Å². The Labute approximate surface area is 160 Å². The molecule has 0 aliphatic heterocycles. The summed E-state index contributed by atoms with van der Waals surface area (Å²) in [5, 5.41) is 14.8. The summed E-state index contributed by atoms with van der Waals surface area (Å²) in [6.45, 7) is 4.09. The molecule has 2 aromatic carbocycles. The zero-order chi connectivity index (χ0) is 18.9. The summed E-state index contributed by atoms with van der Waals surface area (Å²) in [6, 6.07) is 21.1. The lowest BCUT2D eigenvalue weighted by Gasteiger charge is -2.20. The minimum atomic E-state index is 0.242. The maximum Gasteiger partial charge on any atom is 0.191 e. The molecule has 0 fully saturated rings. The van der Waals surface area contributed by atoms with Crippen molar-refractivity contribution in [3.05, 3.63) is 83.9 Å². The van der Waals surface area contributed by atoms with Crippen LogP contribution in [0.15, 0.2) is 72.0 Å². The lowest BCUT2D eigenvalue weighted by molar-refractivity contribution is 0.721. The number of benzene rings is 2. The third-order valence-corrected chi connectivity index (χ3v) is 4.41. The van der Waals surface area contributed by atoms with Crippen molar-refractivity contribution in [3.63, 3.8) is 0 Å². The van der Waals surface area contributed by atoms with E-state index in [0.29, 0.717) is 6.54 Å². The number of guanidine groups is 1. The first-order valence-electron chi connectivity index (χ1n) is 9.23. The SMILES string of the molecule is CCNC(=NCc1nncn1C)NCC(c1ccccc1)c1ccccc1. The molecule has 27 heavy (non-hydrogen) atoms. The van der Waals surface area contributed by atoms with Crippen LogP contribution in [-0.4, -0.2) is 33.8 Å². The second-order valence-corrected chi connectivity index (χ2v) is 6.31. The molecule has 0 bridgehead atoms. The molecule has 1 aromatic heterocycles. The Bertz CT molecular complexity index is 802. The summed E-state index contributed by atoms with van der Waals surface area (Å²) >= 11 is 0. The van der Waals surface area contributed by atoms with Crippen LogP contribution in [0, 0.1) is 0 Å². The smallest absolute Gasteiger partial charge is 0.191 e. The third kappa shape index (κ3) is 5.17. The first-order chi connectivity index (χ1) is 13.3. The van der Waals surface area contributed by atoms with Gasteiger partial charge in [0.1, 0.15) is 12.9 Å². The molecule has 0 amide bonds. The molecule has 3 aromatic rings. The highest BCUT2D eigenvalue weighted by atomic mass is 15.3. The van der Waals surface area contributed by atoms with Gasteiger partial charge in [-0.05, 0) is 18.1 Å². The van der Waals surface area contributed by atoms with Crippen molar-refractivity contribution in [3.8, 4) is 0 Å². The van der Waals surface area contributed by atoms with Crippen LogP contribution in [0.2, 0.25) is 0 Å². The highest BCUT2D eigenvalue weighted by molar-refractivity contribution is 5.79. The summed E-state index contributed by atoms with van der Waals surface area (Å²) in [7, 11) is 1.92. The van der Waals surface area contributed by atoms with Gasteiger partial charge in [0.25, 0.3) is 0 Å². The molecule has 0 spiro atoms. The normalized spacial score (nSPS) is 11.6. The highest BCUT2D eigenvalue weighted by Gasteiger charge is 2.14. The molecule has 6 heteroatoms. The Morgan fingerprint density at radius 1 is 1.00 bits per heavy atom. The Morgan fingerprint density at radius 3 is 2.15 bits per heavy atom. The van der Waals surface area contributed by atoms with Crippen LogP contribution < -0.4 is 10.6 Å².